The lowest BCUT2D eigenvalue weighted by molar-refractivity contribution is 0.577. The summed E-state index contributed by atoms with van der Waals surface area (Å²) in [6.07, 6.45) is 2.87. The third-order valence-electron chi connectivity index (χ3n) is 1.79. The maximum Gasteiger partial charge on any atom is 0.242 e. The van der Waals surface area contributed by atoms with Crippen LogP contribution in [0.1, 0.15) is 6.92 Å². The summed E-state index contributed by atoms with van der Waals surface area (Å²) in [4.78, 5) is 3.96. The number of nitrogens with zero attached hydrogens (tertiary/aromatic N) is 1. The minimum Gasteiger partial charge on any atom is -0.316 e. The van der Waals surface area contributed by atoms with E-state index in [4.69, 9.17) is 0 Å². The van der Waals surface area contributed by atoms with E-state index in [1.807, 2.05) is 6.92 Å². The second-order valence-corrected chi connectivity index (χ2v) is 4.71. The normalized spacial score (nSPS) is 11.5. The van der Waals surface area contributed by atoms with Gasteiger partial charge in [-0.2, -0.15) is 0 Å². The molecule has 0 unspecified atom stereocenters. The molecule has 0 aliphatic heterocycles. The van der Waals surface area contributed by atoms with Crippen molar-refractivity contribution in [3.05, 3.63) is 24.5 Å². The Morgan fingerprint density at radius 3 is 2.80 bits per heavy atom. The van der Waals surface area contributed by atoms with Crippen LogP contribution in [0.5, 0.6) is 0 Å². The molecule has 5 nitrogen and oxygen atoms in total. The molecule has 1 heterocycles. The highest BCUT2D eigenvalue weighted by Crippen LogP contribution is 2.04. The second-order valence-electron chi connectivity index (χ2n) is 2.94. The highest BCUT2D eigenvalue weighted by atomic mass is 32.2. The minimum atomic E-state index is -3.39. The van der Waals surface area contributed by atoms with Crippen molar-refractivity contribution in [2.45, 2.75) is 11.8 Å². The lowest BCUT2D eigenvalue weighted by Crippen LogP contribution is -2.31. The first-order chi connectivity index (χ1) is 7.17. The molecule has 2 N–H and O–H groups in total. The Bertz CT molecular complexity index is 378. The third-order valence-corrected chi connectivity index (χ3v) is 3.23. The predicted octanol–water partition coefficient (Wildman–Crippen LogP) is -0.0306. The maximum atomic E-state index is 11.6. The average Bonchev–Trinajstić information content (AvgIpc) is 2.26. The van der Waals surface area contributed by atoms with Crippen LogP contribution in [0, 0.1) is 0 Å². The molecule has 1 aromatic heterocycles. The molecule has 0 bridgehead atoms. The highest BCUT2D eigenvalue weighted by Gasteiger charge is 2.12. The summed E-state index contributed by atoms with van der Waals surface area (Å²) >= 11 is 0. The summed E-state index contributed by atoms with van der Waals surface area (Å²) in [6, 6.07) is 3.11. The fourth-order valence-electron chi connectivity index (χ4n) is 1.04. The van der Waals surface area contributed by atoms with E-state index < -0.39 is 10.0 Å². The number of hydrogen-bond donors (Lipinski definition) is 2. The van der Waals surface area contributed by atoms with Gasteiger partial charge in [-0.3, -0.25) is 4.98 Å². The maximum absolute atomic E-state index is 11.6. The second kappa shape index (κ2) is 5.79. The number of aromatic nitrogens is 1. The molecule has 0 aliphatic carbocycles. The van der Waals surface area contributed by atoms with E-state index >= 15 is 0 Å². The van der Waals surface area contributed by atoms with Gasteiger partial charge in [0.05, 0.1) is 0 Å². The number of pyridine rings is 1. The monoisotopic (exact) mass is 229 g/mol. The lowest BCUT2D eigenvalue weighted by Gasteiger charge is -2.06. The lowest BCUT2D eigenvalue weighted by atomic mass is 10.5. The predicted molar refractivity (Wildman–Crippen MR) is 58.0 cm³/mol. The molecular weight excluding hydrogens is 214 g/mol. The molecule has 0 saturated heterocycles. The summed E-state index contributed by atoms with van der Waals surface area (Å²) in [5.74, 6) is 0. The number of rotatable bonds is 6. The van der Waals surface area contributed by atoms with Crippen molar-refractivity contribution in [3.8, 4) is 0 Å². The fourth-order valence-corrected chi connectivity index (χ4v) is 2.03. The first-order valence-electron chi connectivity index (χ1n) is 4.77. The van der Waals surface area contributed by atoms with Gasteiger partial charge >= 0.3 is 0 Å². The van der Waals surface area contributed by atoms with Crippen LogP contribution in [0.15, 0.2) is 29.4 Å². The van der Waals surface area contributed by atoms with Gasteiger partial charge in [-0.15, -0.1) is 0 Å². The Balaban J connectivity index is 2.53. The smallest absolute Gasteiger partial charge is 0.242 e. The van der Waals surface area contributed by atoms with Crippen molar-refractivity contribution in [3.63, 3.8) is 0 Å². The van der Waals surface area contributed by atoms with Crippen molar-refractivity contribution in [2.75, 3.05) is 19.6 Å². The molecule has 6 heteroatoms. The standard InChI is InChI=1S/C9H15N3O2S/c1-2-10-6-7-12-15(13,14)9-4-3-5-11-8-9/h3-5,8,10,12H,2,6-7H2,1H3. The summed E-state index contributed by atoms with van der Waals surface area (Å²) < 4.78 is 25.7. The largest absolute Gasteiger partial charge is 0.316 e. The van der Waals surface area contributed by atoms with Crippen LogP contribution in [0.3, 0.4) is 0 Å². The summed E-state index contributed by atoms with van der Waals surface area (Å²) in [7, 11) is -3.39. The van der Waals surface area contributed by atoms with Gasteiger partial charge in [0, 0.05) is 25.5 Å². The highest BCUT2D eigenvalue weighted by molar-refractivity contribution is 7.89. The zero-order valence-electron chi connectivity index (χ0n) is 8.60. The molecule has 84 valence electrons. The molecule has 0 aromatic carbocycles. The van der Waals surface area contributed by atoms with E-state index in [9.17, 15) is 8.42 Å². The first kappa shape index (κ1) is 12.1. The Hall–Kier alpha value is -0.980. The topological polar surface area (TPSA) is 71.1 Å². The van der Waals surface area contributed by atoms with Crippen molar-refractivity contribution in [1.82, 2.24) is 15.0 Å². The Morgan fingerprint density at radius 1 is 1.40 bits per heavy atom. The molecule has 0 radical (unpaired) electrons. The van der Waals surface area contributed by atoms with Gasteiger partial charge in [-0.1, -0.05) is 6.92 Å². The van der Waals surface area contributed by atoms with Crippen molar-refractivity contribution in [2.24, 2.45) is 0 Å². The van der Waals surface area contributed by atoms with Gasteiger partial charge in [0.15, 0.2) is 0 Å². The third kappa shape index (κ3) is 3.94. The Labute approximate surface area is 90.0 Å². The average molecular weight is 229 g/mol. The molecule has 0 saturated carbocycles. The molecular formula is C9H15N3O2S. The molecule has 0 fully saturated rings. The molecule has 0 aliphatic rings. The fraction of sp³-hybridized carbons (Fsp3) is 0.444. The van der Waals surface area contributed by atoms with Crippen molar-refractivity contribution < 1.29 is 8.42 Å². The SMILES string of the molecule is CCNCCNS(=O)(=O)c1cccnc1. The number of sulfonamides is 1. The van der Waals surface area contributed by atoms with Crippen molar-refractivity contribution in [1.29, 1.82) is 0 Å². The zero-order chi connectivity index (χ0) is 11.1. The first-order valence-corrected chi connectivity index (χ1v) is 6.25. The van der Waals surface area contributed by atoms with Crippen LogP contribution < -0.4 is 10.0 Å². The zero-order valence-corrected chi connectivity index (χ0v) is 9.42. The number of likely N-dealkylation sites (N-methyl/N-ethyl adjacent to an activating group) is 1. The summed E-state index contributed by atoms with van der Waals surface area (Å²) in [5.41, 5.74) is 0. The molecule has 15 heavy (non-hydrogen) atoms. The van der Waals surface area contributed by atoms with Gasteiger partial charge in [0.25, 0.3) is 0 Å². The van der Waals surface area contributed by atoms with Crippen LogP contribution in [0.25, 0.3) is 0 Å². The van der Waals surface area contributed by atoms with Crippen LogP contribution in [-0.4, -0.2) is 33.0 Å². The van der Waals surface area contributed by atoms with Crippen LogP contribution >= 0.6 is 0 Å². The van der Waals surface area contributed by atoms with Gasteiger partial charge in [-0.05, 0) is 18.7 Å². The van der Waals surface area contributed by atoms with Crippen LogP contribution in [0.2, 0.25) is 0 Å². The molecule has 1 rings (SSSR count). The van der Waals surface area contributed by atoms with Crippen LogP contribution in [0.4, 0.5) is 0 Å². The molecule has 0 spiro atoms. The van der Waals surface area contributed by atoms with Crippen LogP contribution in [-0.2, 0) is 10.0 Å². The molecule has 0 atom stereocenters. The minimum absolute atomic E-state index is 0.196. The van der Waals surface area contributed by atoms with E-state index in [0.29, 0.717) is 13.1 Å². The molecule has 1 aromatic rings. The van der Waals surface area contributed by atoms with Gasteiger partial charge in [0.1, 0.15) is 4.90 Å². The van der Waals surface area contributed by atoms with E-state index in [1.165, 1.54) is 18.5 Å². The number of nitrogens with one attached hydrogen (secondary N) is 2. The van der Waals surface area contributed by atoms with E-state index in [-0.39, 0.29) is 4.90 Å². The quantitative estimate of drug-likeness (QED) is 0.672. The number of hydrogen-bond acceptors (Lipinski definition) is 4. The molecule has 0 amide bonds. The van der Waals surface area contributed by atoms with Crippen molar-refractivity contribution >= 4 is 10.0 Å². The van der Waals surface area contributed by atoms with E-state index in [1.54, 1.807) is 6.07 Å². The Morgan fingerprint density at radius 2 is 2.20 bits per heavy atom. The van der Waals surface area contributed by atoms with Gasteiger partial charge in [-0.25, -0.2) is 13.1 Å². The van der Waals surface area contributed by atoms with Gasteiger partial charge < -0.3 is 5.32 Å². The summed E-state index contributed by atoms with van der Waals surface area (Å²) in [6.45, 7) is 3.80. The Kier molecular flexibility index (Phi) is 4.67. The van der Waals surface area contributed by atoms with E-state index in [0.717, 1.165) is 6.54 Å². The van der Waals surface area contributed by atoms with E-state index in [2.05, 4.69) is 15.0 Å². The summed E-state index contributed by atoms with van der Waals surface area (Å²) in [5, 5.41) is 3.03. The van der Waals surface area contributed by atoms with Gasteiger partial charge in [0.2, 0.25) is 10.0 Å².